The van der Waals surface area contributed by atoms with Gasteiger partial charge in [-0.25, -0.2) is 0 Å². The third-order valence-electron chi connectivity index (χ3n) is 3.38. The Morgan fingerprint density at radius 1 is 1.11 bits per heavy atom. The maximum absolute atomic E-state index is 5.49. The van der Waals surface area contributed by atoms with Crippen LogP contribution in [-0.4, -0.2) is 13.2 Å². The van der Waals surface area contributed by atoms with Gasteiger partial charge in [0.1, 0.15) is 5.75 Å². The molecule has 1 rings (SSSR count). The SMILES string of the molecule is CCCNC(c1ccc(OCC)cc1)C(C)CC. The van der Waals surface area contributed by atoms with Crippen molar-refractivity contribution in [3.8, 4) is 5.75 Å². The first-order valence-electron chi connectivity index (χ1n) is 7.19. The van der Waals surface area contributed by atoms with Crippen LogP contribution in [0.3, 0.4) is 0 Å². The first kappa shape index (κ1) is 15.0. The molecule has 0 aliphatic heterocycles. The highest BCUT2D eigenvalue weighted by atomic mass is 16.5. The highest BCUT2D eigenvalue weighted by molar-refractivity contribution is 5.29. The molecule has 1 aromatic rings. The molecule has 1 N–H and O–H groups in total. The Hall–Kier alpha value is -1.02. The van der Waals surface area contributed by atoms with Crippen molar-refractivity contribution in [2.24, 2.45) is 5.92 Å². The van der Waals surface area contributed by atoms with Crippen molar-refractivity contribution in [2.45, 2.75) is 46.6 Å². The Morgan fingerprint density at radius 2 is 1.78 bits per heavy atom. The van der Waals surface area contributed by atoms with Gasteiger partial charge in [-0.1, -0.05) is 39.3 Å². The molecule has 0 spiro atoms. The van der Waals surface area contributed by atoms with Crippen LogP contribution in [0.2, 0.25) is 0 Å². The molecule has 0 saturated carbocycles. The van der Waals surface area contributed by atoms with Crippen molar-refractivity contribution in [1.29, 1.82) is 0 Å². The second-order valence-electron chi connectivity index (χ2n) is 4.82. The fraction of sp³-hybridized carbons (Fsp3) is 0.625. The molecule has 18 heavy (non-hydrogen) atoms. The van der Waals surface area contributed by atoms with Gasteiger partial charge in [-0.2, -0.15) is 0 Å². The first-order chi connectivity index (χ1) is 8.72. The third-order valence-corrected chi connectivity index (χ3v) is 3.38. The molecule has 0 bridgehead atoms. The average molecular weight is 249 g/mol. The van der Waals surface area contributed by atoms with E-state index in [0.717, 1.165) is 18.9 Å². The lowest BCUT2D eigenvalue weighted by atomic mass is 9.92. The van der Waals surface area contributed by atoms with Crippen LogP contribution >= 0.6 is 0 Å². The fourth-order valence-corrected chi connectivity index (χ4v) is 2.12. The number of nitrogens with one attached hydrogen (secondary N) is 1. The van der Waals surface area contributed by atoms with E-state index in [4.69, 9.17) is 4.74 Å². The molecule has 1 aromatic carbocycles. The van der Waals surface area contributed by atoms with Crippen LogP contribution in [0.4, 0.5) is 0 Å². The van der Waals surface area contributed by atoms with E-state index in [2.05, 4.69) is 50.4 Å². The summed E-state index contributed by atoms with van der Waals surface area (Å²) in [5.41, 5.74) is 1.36. The molecular formula is C16H27NO. The Balaban J connectivity index is 2.77. The lowest BCUT2D eigenvalue weighted by molar-refractivity contribution is 0.339. The second-order valence-corrected chi connectivity index (χ2v) is 4.82. The molecule has 0 aliphatic carbocycles. The smallest absolute Gasteiger partial charge is 0.119 e. The zero-order valence-corrected chi connectivity index (χ0v) is 12.2. The molecule has 2 nitrogen and oxygen atoms in total. The van der Waals surface area contributed by atoms with Crippen molar-refractivity contribution in [2.75, 3.05) is 13.2 Å². The molecule has 0 aromatic heterocycles. The molecule has 0 amide bonds. The summed E-state index contributed by atoms with van der Waals surface area (Å²) >= 11 is 0. The van der Waals surface area contributed by atoms with Gasteiger partial charge in [0.2, 0.25) is 0 Å². The number of hydrogen-bond acceptors (Lipinski definition) is 2. The van der Waals surface area contributed by atoms with Crippen LogP contribution in [0.15, 0.2) is 24.3 Å². The molecule has 2 heteroatoms. The Kier molecular flexibility index (Phi) is 6.81. The zero-order valence-electron chi connectivity index (χ0n) is 12.2. The van der Waals surface area contributed by atoms with Gasteiger partial charge in [0.05, 0.1) is 6.61 Å². The first-order valence-corrected chi connectivity index (χ1v) is 7.19. The number of benzene rings is 1. The molecule has 2 atom stereocenters. The van der Waals surface area contributed by atoms with E-state index in [1.54, 1.807) is 0 Å². The number of rotatable bonds is 8. The summed E-state index contributed by atoms with van der Waals surface area (Å²) in [6.07, 6.45) is 2.36. The van der Waals surface area contributed by atoms with E-state index in [0.29, 0.717) is 12.0 Å². The van der Waals surface area contributed by atoms with Crippen LogP contribution in [0.25, 0.3) is 0 Å². The van der Waals surface area contributed by atoms with Crippen LogP contribution in [0.5, 0.6) is 5.75 Å². The topological polar surface area (TPSA) is 21.3 Å². The number of hydrogen-bond donors (Lipinski definition) is 1. The standard InChI is InChI=1S/C16H27NO/c1-5-12-17-16(13(4)6-2)14-8-10-15(11-9-14)18-7-3/h8-11,13,16-17H,5-7,12H2,1-4H3. The van der Waals surface area contributed by atoms with E-state index in [9.17, 15) is 0 Å². The minimum atomic E-state index is 0.450. The van der Waals surface area contributed by atoms with Crippen LogP contribution < -0.4 is 10.1 Å². The molecule has 0 aliphatic rings. The van der Waals surface area contributed by atoms with Crippen molar-refractivity contribution in [3.63, 3.8) is 0 Å². The van der Waals surface area contributed by atoms with Gasteiger partial charge < -0.3 is 10.1 Å². The zero-order chi connectivity index (χ0) is 13.4. The Morgan fingerprint density at radius 3 is 2.28 bits per heavy atom. The summed E-state index contributed by atoms with van der Waals surface area (Å²) in [4.78, 5) is 0. The van der Waals surface area contributed by atoms with E-state index < -0.39 is 0 Å². The minimum Gasteiger partial charge on any atom is -0.494 e. The van der Waals surface area contributed by atoms with Gasteiger partial charge >= 0.3 is 0 Å². The Labute approximate surface area is 112 Å². The van der Waals surface area contributed by atoms with E-state index in [1.807, 2.05) is 6.92 Å². The summed E-state index contributed by atoms with van der Waals surface area (Å²) in [5.74, 6) is 1.61. The van der Waals surface area contributed by atoms with E-state index in [-0.39, 0.29) is 0 Å². The van der Waals surface area contributed by atoms with Gasteiger partial charge in [0.15, 0.2) is 0 Å². The normalized spacial score (nSPS) is 14.2. The lowest BCUT2D eigenvalue weighted by Crippen LogP contribution is -2.27. The fourth-order valence-electron chi connectivity index (χ4n) is 2.12. The summed E-state index contributed by atoms with van der Waals surface area (Å²) < 4.78 is 5.49. The summed E-state index contributed by atoms with van der Waals surface area (Å²) in [5, 5.41) is 3.65. The van der Waals surface area contributed by atoms with Crippen LogP contribution in [0, 0.1) is 5.92 Å². The molecule has 0 radical (unpaired) electrons. The van der Waals surface area contributed by atoms with Crippen molar-refractivity contribution < 1.29 is 4.74 Å². The van der Waals surface area contributed by atoms with Crippen LogP contribution in [0.1, 0.15) is 52.1 Å². The largest absolute Gasteiger partial charge is 0.494 e. The van der Waals surface area contributed by atoms with Crippen molar-refractivity contribution in [3.05, 3.63) is 29.8 Å². The quantitative estimate of drug-likeness (QED) is 0.746. The predicted octanol–water partition coefficient (Wildman–Crippen LogP) is 4.17. The van der Waals surface area contributed by atoms with Gasteiger partial charge in [0, 0.05) is 6.04 Å². The molecule has 0 fully saturated rings. The third kappa shape index (κ3) is 4.34. The van der Waals surface area contributed by atoms with Gasteiger partial charge in [-0.3, -0.25) is 0 Å². The van der Waals surface area contributed by atoms with Gasteiger partial charge in [-0.05, 0) is 43.5 Å². The Bertz CT molecular complexity index is 320. The average Bonchev–Trinajstić information content (AvgIpc) is 2.41. The maximum atomic E-state index is 5.49. The van der Waals surface area contributed by atoms with Crippen LogP contribution in [-0.2, 0) is 0 Å². The molecule has 102 valence electrons. The monoisotopic (exact) mass is 249 g/mol. The molecule has 0 saturated heterocycles. The van der Waals surface area contributed by atoms with E-state index in [1.165, 1.54) is 18.4 Å². The lowest BCUT2D eigenvalue weighted by Gasteiger charge is -2.25. The second kappa shape index (κ2) is 8.15. The minimum absolute atomic E-state index is 0.450. The summed E-state index contributed by atoms with van der Waals surface area (Å²) in [7, 11) is 0. The van der Waals surface area contributed by atoms with Gasteiger partial charge in [0.25, 0.3) is 0 Å². The van der Waals surface area contributed by atoms with Gasteiger partial charge in [-0.15, -0.1) is 0 Å². The highest BCUT2D eigenvalue weighted by Gasteiger charge is 2.16. The van der Waals surface area contributed by atoms with E-state index >= 15 is 0 Å². The molecule has 2 unspecified atom stereocenters. The number of ether oxygens (including phenoxy) is 1. The summed E-state index contributed by atoms with van der Waals surface area (Å²) in [6, 6.07) is 8.96. The molecular weight excluding hydrogens is 222 g/mol. The highest BCUT2D eigenvalue weighted by Crippen LogP contribution is 2.26. The molecule has 0 heterocycles. The van der Waals surface area contributed by atoms with Crippen molar-refractivity contribution >= 4 is 0 Å². The predicted molar refractivity (Wildman–Crippen MR) is 78.1 cm³/mol. The summed E-state index contributed by atoms with van der Waals surface area (Å²) in [6.45, 7) is 10.6. The van der Waals surface area contributed by atoms with Crippen molar-refractivity contribution in [1.82, 2.24) is 5.32 Å². The maximum Gasteiger partial charge on any atom is 0.119 e.